The summed E-state index contributed by atoms with van der Waals surface area (Å²) in [7, 11) is 3.25. The highest BCUT2D eigenvalue weighted by Gasteiger charge is 2.41. The van der Waals surface area contributed by atoms with Gasteiger partial charge in [0.2, 0.25) is 11.8 Å². The van der Waals surface area contributed by atoms with Gasteiger partial charge in [0, 0.05) is 38.5 Å². The molecule has 0 aromatic heterocycles. The summed E-state index contributed by atoms with van der Waals surface area (Å²) in [6.45, 7) is 1.26. The van der Waals surface area contributed by atoms with Crippen LogP contribution in [0.3, 0.4) is 0 Å². The van der Waals surface area contributed by atoms with Gasteiger partial charge in [-0.15, -0.1) is 0 Å². The molecular weight excluding hydrogens is 299 g/mol. The fourth-order valence-electron chi connectivity index (χ4n) is 3.62. The number of nitrogens with zero attached hydrogens (tertiary/aromatic N) is 2. The number of hydrogen-bond acceptors (Lipinski definition) is 3. The first-order valence-electron chi connectivity index (χ1n) is 7.85. The summed E-state index contributed by atoms with van der Waals surface area (Å²) >= 11 is 0. The average molecular weight is 320 g/mol. The molecule has 2 saturated heterocycles. The second-order valence-electron chi connectivity index (χ2n) is 6.31. The van der Waals surface area contributed by atoms with Crippen molar-refractivity contribution in [1.82, 2.24) is 9.80 Å². The monoisotopic (exact) mass is 320 g/mol. The van der Waals surface area contributed by atoms with E-state index >= 15 is 0 Å². The maximum Gasteiger partial charge on any atom is 0.227 e. The lowest BCUT2D eigenvalue weighted by molar-refractivity contribution is -0.132. The lowest BCUT2D eigenvalue weighted by atomic mass is 9.92. The molecule has 0 aliphatic carbocycles. The van der Waals surface area contributed by atoms with Crippen molar-refractivity contribution in [2.75, 3.05) is 27.2 Å². The number of rotatable bonds is 3. The Kier molecular flexibility index (Phi) is 4.24. The Hall–Kier alpha value is -2.11. The number of carbonyl (C=O) groups excluding carboxylic acids is 2. The molecule has 0 saturated carbocycles. The van der Waals surface area contributed by atoms with Crippen LogP contribution in [0.5, 0.6) is 5.75 Å². The minimum Gasteiger partial charge on any atom is -0.494 e. The highest BCUT2D eigenvalue weighted by Crippen LogP contribution is 2.31. The molecule has 2 amide bonds. The topological polar surface area (TPSA) is 49.9 Å². The van der Waals surface area contributed by atoms with E-state index in [2.05, 4.69) is 0 Å². The minimum atomic E-state index is -0.459. The standard InChI is InChI=1S/C17H21FN2O3/c1-19-14-5-6-20(10-12(14)9-16(19)21)17(22)8-11-3-4-15(23-2)13(18)7-11/h3-4,7,12,14H,5-6,8-10H2,1-2H3/t12-,14+/m1/s1. The van der Waals surface area contributed by atoms with E-state index in [-0.39, 0.29) is 35.9 Å². The van der Waals surface area contributed by atoms with Crippen molar-refractivity contribution in [3.63, 3.8) is 0 Å². The van der Waals surface area contributed by atoms with Gasteiger partial charge in [0.25, 0.3) is 0 Å². The van der Waals surface area contributed by atoms with Crippen molar-refractivity contribution >= 4 is 11.8 Å². The summed E-state index contributed by atoms with van der Waals surface area (Å²) in [6.07, 6.45) is 1.50. The molecule has 0 bridgehead atoms. The van der Waals surface area contributed by atoms with Gasteiger partial charge in [-0.3, -0.25) is 9.59 Å². The van der Waals surface area contributed by atoms with Crippen LogP contribution < -0.4 is 4.74 Å². The number of hydrogen-bond donors (Lipinski definition) is 0. The summed E-state index contributed by atoms with van der Waals surface area (Å²) in [5.74, 6) is 0.0772. The fourth-order valence-corrected chi connectivity index (χ4v) is 3.62. The summed E-state index contributed by atoms with van der Waals surface area (Å²) in [4.78, 5) is 27.8. The first kappa shape index (κ1) is 15.8. The Balaban J connectivity index is 1.63. The minimum absolute atomic E-state index is 0.0185. The van der Waals surface area contributed by atoms with Crippen LogP contribution in [0.1, 0.15) is 18.4 Å². The molecule has 0 unspecified atom stereocenters. The summed E-state index contributed by atoms with van der Waals surface area (Å²) in [5.41, 5.74) is 0.634. The Morgan fingerprint density at radius 1 is 1.43 bits per heavy atom. The molecule has 1 aromatic rings. The van der Waals surface area contributed by atoms with Crippen LogP contribution in [0, 0.1) is 11.7 Å². The van der Waals surface area contributed by atoms with E-state index in [9.17, 15) is 14.0 Å². The van der Waals surface area contributed by atoms with E-state index in [1.165, 1.54) is 19.2 Å². The van der Waals surface area contributed by atoms with E-state index in [1.807, 2.05) is 11.9 Å². The number of amides is 2. The van der Waals surface area contributed by atoms with Crippen molar-refractivity contribution in [2.45, 2.75) is 25.3 Å². The van der Waals surface area contributed by atoms with Crippen LogP contribution >= 0.6 is 0 Å². The number of methoxy groups -OCH3 is 1. The van der Waals surface area contributed by atoms with E-state index < -0.39 is 5.82 Å². The zero-order chi connectivity index (χ0) is 16.6. The SMILES string of the molecule is COc1ccc(CC(=O)N2CC[C@H]3[C@H](CC(=O)N3C)C2)cc1F. The van der Waals surface area contributed by atoms with Crippen molar-refractivity contribution in [2.24, 2.45) is 5.92 Å². The molecule has 0 spiro atoms. The van der Waals surface area contributed by atoms with Crippen LogP contribution in [0.25, 0.3) is 0 Å². The van der Waals surface area contributed by atoms with Crippen molar-refractivity contribution in [3.05, 3.63) is 29.6 Å². The molecule has 0 N–H and O–H groups in total. The third kappa shape index (κ3) is 3.02. The molecule has 5 nitrogen and oxygen atoms in total. The first-order valence-corrected chi connectivity index (χ1v) is 7.85. The molecule has 2 aliphatic rings. The molecule has 2 fully saturated rings. The molecule has 6 heteroatoms. The normalized spacial score (nSPS) is 23.9. The molecule has 2 atom stereocenters. The molecule has 2 aliphatic heterocycles. The largest absolute Gasteiger partial charge is 0.494 e. The molecule has 124 valence electrons. The third-order valence-corrected chi connectivity index (χ3v) is 4.95. The Morgan fingerprint density at radius 3 is 2.91 bits per heavy atom. The highest BCUT2D eigenvalue weighted by atomic mass is 19.1. The molecule has 0 radical (unpaired) electrons. The second-order valence-corrected chi connectivity index (χ2v) is 6.31. The fraction of sp³-hybridized carbons (Fsp3) is 0.529. The van der Waals surface area contributed by atoms with Crippen LogP contribution in [0.2, 0.25) is 0 Å². The van der Waals surface area contributed by atoms with Gasteiger partial charge in [0.05, 0.1) is 13.5 Å². The van der Waals surface area contributed by atoms with Gasteiger partial charge < -0.3 is 14.5 Å². The smallest absolute Gasteiger partial charge is 0.227 e. The van der Waals surface area contributed by atoms with E-state index in [4.69, 9.17) is 4.74 Å². The number of carbonyl (C=O) groups is 2. The van der Waals surface area contributed by atoms with Crippen LogP contribution in [0.15, 0.2) is 18.2 Å². The lowest BCUT2D eigenvalue weighted by Crippen LogP contribution is -2.47. The third-order valence-electron chi connectivity index (χ3n) is 4.95. The van der Waals surface area contributed by atoms with Crippen molar-refractivity contribution < 1.29 is 18.7 Å². The average Bonchev–Trinajstić information content (AvgIpc) is 2.81. The number of ether oxygens (including phenoxy) is 1. The van der Waals surface area contributed by atoms with Gasteiger partial charge >= 0.3 is 0 Å². The van der Waals surface area contributed by atoms with Gasteiger partial charge in [0.1, 0.15) is 0 Å². The maximum atomic E-state index is 13.7. The number of benzene rings is 1. The first-order chi connectivity index (χ1) is 11.0. The summed E-state index contributed by atoms with van der Waals surface area (Å²) in [5, 5.41) is 0. The quantitative estimate of drug-likeness (QED) is 0.847. The van der Waals surface area contributed by atoms with E-state index in [0.29, 0.717) is 25.1 Å². The molecule has 3 rings (SSSR count). The Labute approximate surface area is 135 Å². The number of piperidine rings is 1. The van der Waals surface area contributed by atoms with Crippen LogP contribution in [0.4, 0.5) is 4.39 Å². The zero-order valence-corrected chi connectivity index (χ0v) is 13.4. The van der Waals surface area contributed by atoms with Crippen molar-refractivity contribution in [1.29, 1.82) is 0 Å². The maximum absolute atomic E-state index is 13.7. The zero-order valence-electron chi connectivity index (χ0n) is 13.4. The van der Waals surface area contributed by atoms with Crippen LogP contribution in [-0.4, -0.2) is 54.9 Å². The van der Waals surface area contributed by atoms with Crippen LogP contribution in [-0.2, 0) is 16.0 Å². The predicted octanol–water partition coefficient (Wildman–Crippen LogP) is 1.46. The van der Waals surface area contributed by atoms with Gasteiger partial charge in [-0.25, -0.2) is 4.39 Å². The number of likely N-dealkylation sites (tertiary alicyclic amines) is 2. The summed E-state index contributed by atoms with van der Waals surface area (Å²) < 4.78 is 18.6. The summed E-state index contributed by atoms with van der Waals surface area (Å²) in [6, 6.07) is 4.84. The number of halogens is 1. The second kappa shape index (κ2) is 6.18. The predicted molar refractivity (Wildman–Crippen MR) is 82.5 cm³/mol. The molecule has 1 aromatic carbocycles. The van der Waals surface area contributed by atoms with Gasteiger partial charge in [-0.1, -0.05) is 6.07 Å². The van der Waals surface area contributed by atoms with E-state index in [1.54, 1.807) is 11.0 Å². The molecule has 2 heterocycles. The van der Waals surface area contributed by atoms with Gasteiger partial charge in [-0.05, 0) is 24.1 Å². The van der Waals surface area contributed by atoms with E-state index in [0.717, 1.165) is 6.42 Å². The van der Waals surface area contributed by atoms with Gasteiger partial charge in [-0.2, -0.15) is 0 Å². The Bertz CT molecular complexity index is 634. The number of fused-ring (bicyclic) bond motifs is 1. The Morgan fingerprint density at radius 2 is 2.22 bits per heavy atom. The van der Waals surface area contributed by atoms with Crippen molar-refractivity contribution in [3.8, 4) is 5.75 Å². The molecular formula is C17H21FN2O3. The molecule has 23 heavy (non-hydrogen) atoms. The van der Waals surface area contributed by atoms with Gasteiger partial charge in [0.15, 0.2) is 11.6 Å². The highest BCUT2D eigenvalue weighted by molar-refractivity contribution is 5.81. The lowest BCUT2D eigenvalue weighted by Gasteiger charge is -2.36.